The summed E-state index contributed by atoms with van der Waals surface area (Å²) >= 11 is 3.60. The minimum atomic E-state index is 0.285. The second-order valence-electron chi connectivity index (χ2n) is 4.82. The molecule has 2 nitrogen and oxygen atoms in total. The number of halogens is 1. The highest BCUT2D eigenvalue weighted by atomic mass is 79.9. The van der Waals surface area contributed by atoms with Crippen LogP contribution >= 0.6 is 15.9 Å². The van der Waals surface area contributed by atoms with Crippen LogP contribution in [0.25, 0.3) is 0 Å². The molecule has 2 unspecified atom stereocenters. The van der Waals surface area contributed by atoms with E-state index in [2.05, 4.69) is 34.1 Å². The second-order valence-corrected chi connectivity index (χ2v) is 5.74. The highest BCUT2D eigenvalue weighted by molar-refractivity contribution is 9.10. The first-order valence-electron chi connectivity index (χ1n) is 6.36. The summed E-state index contributed by atoms with van der Waals surface area (Å²) in [5, 5.41) is 0. The van der Waals surface area contributed by atoms with Gasteiger partial charge in [0.1, 0.15) is 0 Å². The summed E-state index contributed by atoms with van der Waals surface area (Å²) in [5.74, 6) is 0. The van der Waals surface area contributed by atoms with E-state index < -0.39 is 0 Å². The lowest BCUT2D eigenvalue weighted by atomic mass is 10.00. The predicted octanol–water partition coefficient (Wildman–Crippen LogP) is 4.15. The van der Waals surface area contributed by atoms with Gasteiger partial charge in [-0.3, -0.25) is 0 Å². The summed E-state index contributed by atoms with van der Waals surface area (Å²) in [5.41, 5.74) is 2.59. The van der Waals surface area contributed by atoms with Gasteiger partial charge in [0.25, 0.3) is 0 Å². The van der Waals surface area contributed by atoms with Crippen LogP contribution in [0.3, 0.4) is 0 Å². The summed E-state index contributed by atoms with van der Waals surface area (Å²) < 4.78 is 12.6. The van der Waals surface area contributed by atoms with Crippen LogP contribution < -0.4 is 0 Å². The third kappa shape index (κ3) is 2.56. The summed E-state index contributed by atoms with van der Waals surface area (Å²) in [7, 11) is 0. The van der Waals surface area contributed by atoms with E-state index in [0.29, 0.717) is 0 Å². The molecule has 0 aliphatic carbocycles. The van der Waals surface area contributed by atoms with Gasteiger partial charge >= 0.3 is 0 Å². The average molecular weight is 297 g/mol. The van der Waals surface area contributed by atoms with Crippen LogP contribution in [-0.2, 0) is 9.47 Å². The van der Waals surface area contributed by atoms with Crippen LogP contribution in [0.5, 0.6) is 0 Å². The molecule has 2 fully saturated rings. The first-order valence-corrected chi connectivity index (χ1v) is 7.16. The van der Waals surface area contributed by atoms with Crippen molar-refractivity contribution in [3.8, 4) is 0 Å². The van der Waals surface area contributed by atoms with Crippen molar-refractivity contribution in [3.05, 3.63) is 33.8 Å². The standard InChI is InChI=1S/C14H17BrO2/c15-12-8-10(13-3-1-5-16-13)7-11(9-12)14-4-2-6-17-14/h7-9,13-14H,1-6H2. The van der Waals surface area contributed by atoms with Crippen LogP contribution in [0, 0.1) is 0 Å². The normalized spacial score (nSPS) is 28.8. The van der Waals surface area contributed by atoms with Crippen molar-refractivity contribution in [3.63, 3.8) is 0 Å². The van der Waals surface area contributed by atoms with Gasteiger partial charge in [0, 0.05) is 17.7 Å². The molecule has 2 saturated heterocycles. The molecule has 3 heteroatoms. The zero-order chi connectivity index (χ0) is 11.7. The van der Waals surface area contributed by atoms with Gasteiger partial charge in [-0.2, -0.15) is 0 Å². The molecule has 2 atom stereocenters. The van der Waals surface area contributed by atoms with E-state index in [1.54, 1.807) is 0 Å². The van der Waals surface area contributed by atoms with Crippen LogP contribution in [0.4, 0.5) is 0 Å². The smallest absolute Gasteiger partial charge is 0.0826 e. The molecule has 92 valence electrons. The Bertz CT molecular complexity index is 359. The van der Waals surface area contributed by atoms with Crippen LogP contribution in [0.1, 0.15) is 49.0 Å². The van der Waals surface area contributed by atoms with E-state index in [0.717, 1.165) is 30.5 Å². The van der Waals surface area contributed by atoms with Crippen LogP contribution in [0.2, 0.25) is 0 Å². The van der Waals surface area contributed by atoms with Crippen molar-refractivity contribution in [2.75, 3.05) is 13.2 Å². The molecule has 1 aromatic rings. The Morgan fingerprint density at radius 3 is 1.82 bits per heavy atom. The molecule has 0 aromatic heterocycles. The summed E-state index contributed by atoms with van der Waals surface area (Å²) in [6.45, 7) is 1.79. The summed E-state index contributed by atoms with van der Waals surface area (Å²) in [6, 6.07) is 6.61. The van der Waals surface area contributed by atoms with Gasteiger partial charge in [-0.05, 0) is 48.9 Å². The first kappa shape index (κ1) is 11.7. The van der Waals surface area contributed by atoms with Crippen molar-refractivity contribution in [1.29, 1.82) is 0 Å². The number of benzene rings is 1. The molecule has 2 aliphatic rings. The Hall–Kier alpha value is -0.380. The quantitative estimate of drug-likeness (QED) is 0.816. The minimum absolute atomic E-state index is 0.285. The highest BCUT2D eigenvalue weighted by Gasteiger charge is 2.22. The minimum Gasteiger partial charge on any atom is -0.374 e. The number of rotatable bonds is 2. The maximum Gasteiger partial charge on any atom is 0.0826 e. The second kappa shape index (κ2) is 5.09. The number of hydrogen-bond donors (Lipinski definition) is 0. The Labute approximate surface area is 110 Å². The molecule has 0 amide bonds. The lowest BCUT2D eigenvalue weighted by Crippen LogP contribution is -2.01. The van der Waals surface area contributed by atoms with Crippen molar-refractivity contribution in [1.82, 2.24) is 0 Å². The Morgan fingerprint density at radius 2 is 1.41 bits per heavy atom. The summed E-state index contributed by atoms with van der Waals surface area (Å²) in [6.07, 6.45) is 5.20. The lowest BCUT2D eigenvalue weighted by molar-refractivity contribution is 0.107. The van der Waals surface area contributed by atoms with Crippen molar-refractivity contribution in [2.24, 2.45) is 0 Å². The maximum atomic E-state index is 5.75. The molecule has 0 spiro atoms. The molecule has 2 heterocycles. The van der Waals surface area contributed by atoms with E-state index in [1.807, 2.05) is 0 Å². The fraction of sp³-hybridized carbons (Fsp3) is 0.571. The molecular weight excluding hydrogens is 280 g/mol. The first-order chi connectivity index (χ1) is 8.33. The van der Waals surface area contributed by atoms with E-state index in [4.69, 9.17) is 9.47 Å². The van der Waals surface area contributed by atoms with Crippen LogP contribution in [0.15, 0.2) is 22.7 Å². The SMILES string of the molecule is Brc1cc(C2CCCO2)cc(C2CCCO2)c1. The third-order valence-corrected chi connectivity index (χ3v) is 4.00. The fourth-order valence-electron chi connectivity index (χ4n) is 2.69. The highest BCUT2D eigenvalue weighted by Crippen LogP contribution is 2.35. The molecule has 1 aromatic carbocycles. The van der Waals surface area contributed by atoms with E-state index in [-0.39, 0.29) is 12.2 Å². The van der Waals surface area contributed by atoms with E-state index in [1.165, 1.54) is 24.0 Å². The van der Waals surface area contributed by atoms with Crippen molar-refractivity contribution in [2.45, 2.75) is 37.9 Å². The van der Waals surface area contributed by atoms with Gasteiger partial charge in [0.15, 0.2) is 0 Å². The van der Waals surface area contributed by atoms with Gasteiger partial charge in [0.05, 0.1) is 12.2 Å². The molecule has 0 bridgehead atoms. The number of ether oxygens (including phenoxy) is 2. The predicted molar refractivity (Wildman–Crippen MR) is 70.0 cm³/mol. The Morgan fingerprint density at radius 1 is 0.882 bits per heavy atom. The summed E-state index contributed by atoms with van der Waals surface area (Å²) in [4.78, 5) is 0. The zero-order valence-corrected chi connectivity index (χ0v) is 11.4. The van der Waals surface area contributed by atoms with E-state index in [9.17, 15) is 0 Å². The lowest BCUT2D eigenvalue weighted by Gasteiger charge is -2.15. The van der Waals surface area contributed by atoms with Gasteiger partial charge < -0.3 is 9.47 Å². The van der Waals surface area contributed by atoms with Gasteiger partial charge in [-0.15, -0.1) is 0 Å². The Kier molecular flexibility index (Phi) is 3.50. The average Bonchev–Trinajstić information content (AvgIpc) is 3.02. The van der Waals surface area contributed by atoms with E-state index >= 15 is 0 Å². The zero-order valence-electron chi connectivity index (χ0n) is 9.82. The van der Waals surface area contributed by atoms with Crippen molar-refractivity contribution >= 4 is 15.9 Å². The van der Waals surface area contributed by atoms with Crippen molar-refractivity contribution < 1.29 is 9.47 Å². The molecule has 3 rings (SSSR count). The van der Waals surface area contributed by atoms with Gasteiger partial charge in [0.2, 0.25) is 0 Å². The van der Waals surface area contributed by atoms with Crippen LogP contribution in [-0.4, -0.2) is 13.2 Å². The van der Waals surface area contributed by atoms with Gasteiger partial charge in [-0.25, -0.2) is 0 Å². The molecule has 17 heavy (non-hydrogen) atoms. The number of hydrogen-bond acceptors (Lipinski definition) is 2. The molecule has 0 N–H and O–H groups in total. The fourth-order valence-corrected chi connectivity index (χ4v) is 3.22. The largest absolute Gasteiger partial charge is 0.374 e. The Balaban J connectivity index is 1.88. The molecule has 2 aliphatic heterocycles. The molecular formula is C14H17BrO2. The topological polar surface area (TPSA) is 18.5 Å². The monoisotopic (exact) mass is 296 g/mol. The maximum absolute atomic E-state index is 5.75. The molecule has 0 saturated carbocycles. The molecule has 0 radical (unpaired) electrons. The van der Waals surface area contributed by atoms with Gasteiger partial charge in [-0.1, -0.05) is 22.0 Å². The third-order valence-electron chi connectivity index (χ3n) is 3.55.